The second-order valence-electron chi connectivity index (χ2n) is 6.74. The predicted octanol–water partition coefficient (Wildman–Crippen LogP) is 5.12. The lowest BCUT2D eigenvalue weighted by molar-refractivity contribution is -0.384. The van der Waals surface area contributed by atoms with Gasteiger partial charge >= 0.3 is 0 Å². The number of aromatic nitrogens is 2. The molecule has 4 aromatic rings. The first kappa shape index (κ1) is 18.4. The van der Waals surface area contributed by atoms with Gasteiger partial charge in [0.2, 0.25) is 0 Å². The van der Waals surface area contributed by atoms with Gasteiger partial charge in [0.05, 0.1) is 23.5 Å². The fraction of sp³-hybridized carbons (Fsp3) is 0.0870. The first-order valence-electron chi connectivity index (χ1n) is 9.31. The highest BCUT2D eigenvalue weighted by molar-refractivity contribution is 5.67. The van der Waals surface area contributed by atoms with Crippen LogP contribution in [-0.4, -0.2) is 14.5 Å². The molecule has 0 saturated carbocycles. The minimum Gasteiger partial charge on any atom is -0.379 e. The van der Waals surface area contributed by atoms with E-state index >= 15 is 0 Å². The SMILES string of the molecule is O=[N+]([O-])c1ccc(Cn2cncc2CNc2cccc(-c3ccccc3)c2)cc1. The Morgan fingerprint density at radius 2 is 1.69 bits per heavy atom. The number of hydrogen-bond donors (Lipinski definition) is 1. The van der Waals surface area contributed by atoms with Gasteiger partial charge in [0.25, 0.3) is 5.69 Å². The summed E-state index contributed by atoms with van der Waals surface area (Å²) in [5.41, 5.74) is 5.50. The van der Waals surface area contributed by atoms with E-state index in [1.54, 1.807) is 18.5 Å². The van der Waals surface area contributed by atoms with Gasteiger partial charge in [0, 0.05) is 30.6 Å². The summed E-state index contributed by atoms with van der Waals surface area (Å²) in [5, 5.41) is 14.3. The van der Waals surface area contributed by atoms with Crippen LogP contribution in [0.5, 0.6) is 0 Å². The van der Waals surface area contributed by atoms with Gasteiger partial charge in [-0.15, -0.1) is 0 Å². The quantitative estimate of drug-likeness (QED) is 0.355. The van der Waals surface area contributed by atoms with Gasteiger partial charge in [-0.3, -0.25) is 10.1 Å². The zero-order chi connectivity index (χ0) is 20.1. The third-order valence-electron chi connectivity index (χ3n) is 4.74. The molecule has 6 nitrogen and oxygen atoms in total. The van der Waals surface area contributed by atoms with Crippen molar-refractivity contribution in [1.82, 2.24) is 9.55 Å². The molecule has 0 fully saturated rings. The number of anilines is 1. The van der Waals surface area contributed by atoms with Gasteiger partial charge < -0.3 is 9.88 Å². The lowest BCUT2D eigenvalue weighted by atomic mass is 10.1. The normalized spacial score (nSPS) is 10.6. The van der Waals surface area contributed by atoms with Crippen LogP contribution >= 0.6 is 0 Å². The van der Waals surface area contributed by atoms with Crippen LogP contribution in [0.25, 0.3) is 11.1 Å². The van der Waals surface area contributed by atoms with Crippen LogP contribution in [0.1, 0.15) is 11.3 Å². The van der Waals surface area contributed by atoms with Crippen molar-refractivity contribution in [2.45, 2.75) is 13.1 Å². The third kappa shape index (κ3) is 4.50. The van der Waals surface area contributed by atoms with Gasteiger partial charge in [-0.25, -0.2) is 4.98 Å². The smallest absolute Gasteiger partial charge is 0.269 e. The van der Waals surface area contributed by atoms with Crippen LogP contribution in [0.3, 0.4) is 0 Å². The summed E-state index contributed by atoms with van der Waals surface area (Å²) in [6.07, 6.45) is 3.61. The predicted molar refractivity (Wildman–Crippen MR) is 114 cm³/mol. The van der Waals surface area contributed by atoms with Crippen molar-refractivity contribution in [3.05, 3.63) is 113 Å². The number of nitrogens with zero attached hydrogens (tertiary/aromatic N) is 3. The second-order valence-corrected chi connectivity index (χ2v) is 6.74. The number of nitro benzene ring substituents is 1. The number of nitro groups is 1. The van der Waals surface area contributed by atoms with E-state index in [1.165, 1.54) is 17.7 Å². The van der Waals surface area contributed by atoms with Crippen LogP contribution in [0.15, 0.2) is 91.4 Å². The van der Waals surface area contributed by atoms with Crippen molar-refractivity contribution >= 4 is 11.4 Å². The first-order chi connectivity index (χ1) is 14.2. The van der Waals surface area contributed by atoms with Crippen LogP contribution in [0.2, 0.25) is 0 Å². The number of nitrogens with one attached hydrogen (secondary N) is 1. The summed E-state index contributed by atoms with van der Waals surface area (Å²) in [6, 6.07) is 25.2. The van der Waals surface area contributed by atoms with Gasteiger partial charge in [-0.2, -0.15) is 0 Å². The van der Waals surface area contributed by atoms with E-state index in [0.717, 1.165) is 22.5 Å². The molecule has 0 amide bonds. The topological polar surface area (TPSA) is 73.0 Å². The maximum absolute atomic E-state index is 10.8. The Morgan fingerprint density at radius 1 is 0.931 bits per heavy atom. The molecular formula is C23H20N4O2. The van der Waals surface area contributed by atoms with E-state index in [0.29, 0.717) is 13.1 Å². The molecule has 0 unspecified atom stereocenters. The first-order valence-corrected chi connectivity index (χ1v) is 9.31. The Bertz CT molecular complexity index is 1110. The average molecular weight is 384 g/mol. The molecule has 3 aromatic carbocycles. The fourth-order valence-electron chi connectivity index (χ4n) is 3.19. The molecule has 144 valence electrons. The molecule has 0 saturated heterocycles. The molecule has 0 radical (unpaired) electrons. The van der Waals surface area contributed by atoms with E-state index < -0.39 is 0 Å². The Kier molecular flexibility index (Phi) is 5.33. The molecule has 0 aliphatic heterocycles. The van der Waals surface area contributed by atoms with Gasteiger partial charge in [-0.05, 0) is 28.8 Å². The van der Waals surface area contributed by atoms with E-state index in [-0.39, 0.29) is 10.6 Å². The van der Waals surface area contributed by atoms with Crippen molar-refractivity contribution in [2.24, 2.45) is 0 Å². The minimum absolute atomic E-state index is 0.0968. The second kappa shape index (κ2) is 8.39. The molecule has 4 rings (SSSR count). The number of hydrogen-bond acceptors (Lipinski definition) is 4. The van der Waals surface area contributed by atoms with E-state index in [2.05, 4.69) is 34.6 Å². The van der Waals surface area contributed by atoms with Crippen molar-refractivity contribution in [3.63, 3.8) is 0 Å². The minimum atomic E-state index is -0.389. The molecular weight excluding hydrogens is 364 g/mol. The largest absolute Gasteiger partial charge is 0.379 e. The van der Waals surface area contributed by atoms with Gasteiger partial charge in [-0.1, -0.05) is 54.6 Å². The Hall–Kier alpha value is -3.93. The monoisotopic (exact) mass is 384 g/mol. The molecule has 0 atom stereocenters. The van der Waals surface area contributed by atoms with Crippen LogP contribution in [0, 0.1) is 10.1 Å². The van der Waals surface area contributed by atoms with Crippen molar-refractivity contribution in [1.29, 1.82) is 0 Å². The molecule has 1 aromatic heterocycles. The molecule has 0 bridgehead atoms. The summed E-state index contributed by atoms with van der Waals surface area (Å²) < 4.78 is 2.04. The van der Waals surface area contributed by atoms with E-state index in [1.807, 2.05) is 41.1 Å². The molecule has 29 heavy (non-hydrogen) atoms. The number of benzene rings is 3. The molecule has 6 heteroatoms. The number of rotatable bonds is 7. The third-order valence-corrected chi connectivity index (χ3v) is 4.74. The zero-order valence-corrected chi connectivity index (χ0v) is 15.7. The van der Waals surface area contributed by atoms with Crippen LogP contribution in [-0.2, 0) is 13.1 Å². The van der Waals surface area contributed by atoms with Gasteiger partial charge in [0.15, 0.2) is 0 Å². The van der Waals surface area contributed by atoms with E-state index in [4.69, 9.17) is 0 Å². The molecule has 0 aliphatic rings. The van der Waals surface area contributed by atoms with Crippen molar-refractivity contribution < 1.29 is 4.92 Å². The highest BCUT2D eigenvalue weighted by Gasteiger charge is 2.07. The summed E-state index contributed by atoms with van der Waals surface area (Å²) >= 11 is 0. The molecule has 0 spiro atoms. The van der Waals surface area contributed by atoms with Crippen LogP contribution < -0.4 is 5.32 Å². The lowest BCUT2D eigenvalue weighted by Crippen LogP contribution is -2.08. The van der Waals surface area contributed by atoms with Crippen molar-refractivity contribution in [2.75, 3.05) is 5.32 Å². The Morgan fingerprint density at radius 3 is 2.45 bits per heavy atom. The van der Waals surface area contributed by atoms with Crippen LogP contribution in [0.4, 0.5) is 11.4 Å². The summed E-state index contributed by atoms with van der Waals surface area (Å²) in [6.45, 7) is 1.24. The summed E-state index contributed by atoms with van der Waals surface area (Å²) in [7, 11) is 0. The highest BCUT2D eigenvalue weighted by atomic mass is 16.6. The number of imidazole rings is 1. The lowest BCUT2D eigenvalue weighted by Gasteiger charge is -2.11. The van der Waals surface area contributed by atoms with Gasteiger partial charge in [0.1, 0.15) is 0 Å². The van der Waals surface area contributed by atoms with Crippen molar-refractivity contribution in [3.8, 4) is 11.1 Å². The maximum atomic E-state index is 10.8. The zero-order valence-electron chi connectivity index (χ0n) is 15.7. The standard InChI is InChI=1S/C23H20N4O2/c28-27(29)22-11-9-18(10-12-22)16-26-17-24-14-23(26)15-25-21-8-4-7-20(13-21)19-5-2-1-3-6-19/h1-14,17,25H,15-16H2. The Balaban J connectivity index is 1.44. The maximum Gasteiger partial charge on any atom is 0.269 e. The molecule has 1 N–H and O–H groups in total. The number of non-ortho nitro benzene ring substituents is 1. The summed E-state index contributed by atoms with van der Waals surface area (Å²) in [5.74, 6) is 0. The Labute approximate surface area is 168 Å². The molecule has 1 heterocycles. The fourth-order valence-corrected chi connectivity index (χ4v) is 3.19. The highest BCUT2D eigenvalue weighted by Crippen LogP contribution is 2.22. The van der Waals surface area contributed by atoms with E-state index in [9.17, 15) is 10.1 Å². The summed E-state index contributed by atoms with van der Waals surface area (Å²) in [4.78, 5) is 14.7. The molecule has 0 aliphatic carbocycles. The average Bonchev–Trinajstić information content (AvgIpc) is 3.20.